The van der Waals surface area contributed by atoms with Crippen molar-refractivity contribution >= 4 is 17.5 Å². The van der Waals surface area contributed by atoms with Crippen LogP contribution in [-0.4, -0.2) is 22.2 Å². The van der Waals surface area contributed by atoms with Crippen LogP contribution < -0.4 is 5.32 Å². The van der Waals surface area contributed by atoms with Gasteiger partial charge in [-0.25, -0.2) is 4.68 Å². The number of nitrogens with zero attached hydrogens (tertiary/aromatic N) is 2. The Hall–Kier alpha value is -2.59. The Balaban J connectivity index is 2.12. The van der Waals surface area contributed by atoms with Gasteiger partial charge in [-0.05, 0) is 55.7 Å². The highest BCUT2D eigenvalue weighted by Gasteiger charge is 2.18. The summed E-state index contributed by atoms with van der Waals surface area (Å²) >= 11 is 6.35. The molecule has 26 heavy (non-hydrogen) atoms. The van der Waals surface area contributed by atoms with Crippen LogP contribution in [0.1, 0.15) is 35.0 Å². The third-order valence-electron chi connectivity index (χ3n) is 4.36. The number of rotatable bonds is 5. The van der Waals surface area contributed by atoms with Crippen LogP contribution in [0.2, 0.25) is 5.02 Å². The van der Waals surface area contributed by atoms with Gasteiger partial charge >= 0.3 is 0 Å². The van der Waals surface area contributed by atoms with Gasteiger partial charge in [0.05, 0.1) is 16.4 Å². The van der Waals surface area contributed by atoms with Crippen molar-refractivity contribution < 1.29 is 4.79 Å². The van der Waals surface area contributed by atoms with Gasteiger partial charge in [-0.15, -0.1) is 0 Å². The summed E-state index contributed by atoms with van der Waals surface area (Å²) in [5.41, 5.74) is 5.29. The normalized spacial score (nSPS) is 10.8. The van der Waals surface area contributed by atoms with Gasteiger partial charge in [-0.2, -0.15) is 5.10 Å². The number of aromatic nitrogens is 2. The number of amides is 1. The highest BCUT2D eigenvalue weighted by atomic mass is 35.5. The Morgan fingerprint density at radius 1 is 1.12 bits per heavy atom. The zero-order valence-electron chi connectivity index (χ0n) is 15.2. The van der Waals surface area contributed by atoms with Crippen LogP contribution in [0.4, 0.5) is 0 Å². The van der Waals surface area contributed by atoms with E-state index in [1.165, 1.54) is 11.1 Å². The molecule has 1 N–H and O–H groups in total. The fourth-order valence-electron chi connectivity index (χ4n) is 2.72. The molecule has 0 fully saturated rings. The minimum absolute atomic E-state index is 0.158. The molecule has 0 bridgehead atoms. The third kappa shape index (κ3) is 3.65. The second-order valence-electron chi connectivity index (χ2n) is 6.33. The fourth-order valence-corrected chi connectivity index (χ4v) is 2.94. The molecule has 0 saturated carbocycles. The van der Waals surface area contributed by atoms with Gasteiger partial charge in [-0.1, -0.05) is 42.8 Å². The predicted octanol–water partition coefficient (Wildman–Crippen LogP) is 4.95. The van der Waals surface area contributed by atoms with E-state index in [1.54, 1.807) is 10.7 Å². The van der Waals surface area contributed by atoms with E-state index in [9.17, 15) is 4.79 Å². The molecular weight excluding hydrogens is 346 g/mol. The van der Waals surface area contributed by atoms with Crippen molar-refractivity contribution in [2.24, 2.45) is 0 Å². The Bertz CT molecular complexity index is 946. The van der Waals surface area contributed by atoms with Crippen LogP contribution in [0.15, 0.2) is 48.5 Å². The standard InChI is InChI=1S/C21H22ClN3O/c1-4-11-23-21(26)20-13-18(16-10-9-14(2)15(3)12-16)24-25(20)19-8-6-5-7-17(19)22/h5-10,12-13H,4,11H2,1-3H3,(H,23,26). The monoisotopic (exact) mass is 367 g/mol. The zero-order valence-corrected chi connectivity index (χ0v) is 16.0. The van der Waals surface area contributed by atoms with Gasteiger partial charge in [0.1, 0.15) is 5.69 Å². The molecule has 3 aromatic rings. The summed E-state index contributed by atoms with van der Waals surface area (Å²) in [6.45, 7) is 6.78. The lowest BCUT2D eigenvalue weighted by molar-refractivity contribution is 0.0946. The van der Waals surface area contributed by atoms with E-state index in [-0.39, 0.29) is 5.91 Å². The lowest BCUT2D eigenvalue weighted by atomic mass is 10.0. The molecule has 0 unspecified atom stereocenters. The summed E-state index contributed by atoms with van der Waals surface area (Å²) in [6.07, 6.45) is 0.871. The molecule has 1 aromatic heterocycles. The molecule has 5 heteroatoms. The molecule has 3 rings (SSSR count). The summed E-state index contributed by atoms with van der Waals surface area (Å²) in [4.78, 5) is 12.7. The second kappa shape index (κ2) is 7.75. The first kappa shape index (κ1) is 18.2. The Morgan fingerprint density at radius 3 is 2.58 bits per heavy atom. The van der Waals surface area contributed by atoms with Crippen molar-refractivity contribution in [3.63, 3.8) is 0 Å². The van der Waals surface area contributed by atoms with Crippen LogP contribution in [0.5, 0.6) is 0 Å². The number of carbonyl (C=O) groups excluding carboxylic acids is 1. The average molecular weight is 368 g/mol. The number of nitrogens with one attached hydrogen (secondary N) is 1. The van der Waals surface area contributed by atoms with Crippen molar-refractivity contribution in [3.8, 4) is 16.9 Å². The Labute approximate surface area is 158 Å². The second-order valence-corrected chi connectivity index (χ2v) is 6.74. The first-order valence-corrected chi connectivity index (χ1v) is 9.10. The van der Waals surface area contributed by atoms with E-state index in [4.69, 9.17) is 11.6 Å². The smallest absolute Gasteiger partial charge is 0.270 e. The van der Waals surface area contributed by atoms with E-state index in [1.807, 2.05) is 37.3 Å². The molecule has 1 heterocycles. The molecule has 2 aromatic carbocycles. The van der Waals surface area contributed by atoms with E-state index in [0.717, 1.165) is 17.7 Å². The number of hydrogen-bond donors (Lipinski definition) is 1. The minimum Gasteiger partial charge on any atom is -0.351 e. The van der Waals surface area contributed by atoms with Gasteiger partial charge in [-0.3, -0.25) is 4.79 Å². The number of hydrogen-bond acceptors (Lipinski definition) is 2. The molecule has 0 saturated heterocycles. The molecule has 0 aliphatic rings. The first-order chi connectivity index (χ1) is 12.5. The average Bonchev–Trinajstić information content (AvgIpc) is 3.07. The number of para-hydroxylation sites is 1. The minimum atomic E-state index is -0.158. The van der Waals surface area contributed by atoms with E-state index in [2.05, 4.69) is 36.4 Å². The van der Waals surface area contributed by atoms with Crippen LogP contribution in [-0.2, 0) is 0 Å². The summed E-state index contributed by atoms with van der Waals surface area (Å²) in [7, 11) is 0. The van der Waals surface area contributed by atoms with Gasteiger partial charge in [0.2, 0.25) is 0 Å². The van der Waals surface area contributed by atoms with Crippen LogP contribution in [0, 0.1) is 13.8 Å². The molecule has 4 nitrogen and oxygen atoms in total. The van der Waals surface area contributed by atoms with Crippen LogP contribution in [0.25, 0.3) is 16.9 Å². The SMILES string of the molecule is CCCNC(=O)c1cc(-c2ccc(C)c(C)c2)nn1-c1ccccc1Cl. The Kier molecular flexibility index (Phi) is 5.43. The lowest BCUT2D eigenvalue weighted by Gasteiger charge is -2.09. The molecule has 134 valence electrons. The fraction of sp³-hybridized carbons (Fsp3) is 0.238. The molecule has 0 aliphatic heterocycles. The van der Waals surface area contributed by atoms with Crippen molar-refractivity contribution in [3.05, 3.63) is 70.4 Å². The van der Waals surface area contributed by atoms with Crippen LogP contribution >= 0.6 is 11.6 Å². The number of benzene rings is 2. The summed E-state index contributed by atoms with van der Waals surface area (Å²) < 4.78 is 1.62. The topological polar surface area (TPSA) is 46.9 Å². The maximum atomic E-state index is 12.7. The number of halogens is 1. The largest absolute Gasteiger partial charge is 0.351 e. The predicted molar refractivity (Wildman–Crippen MR) is 106 cm³/mol. The molecule has 0 radical (unpaired) electrons. The highest BCUT2D eigenvalue weighted by Crippen LogP contribution is 2.26. The summed E-state index contributed by atoms with van der Waals surface area (Å²) in [6, 6.07) is 15.4. The molecule has 0 atom stereocenters. The number of carbonyl (C=O) groups is 1. The Morgan fingerprint density at radius 2 is 1.88 bits per heavy atom. The van der Waals surface area contributed by atoms with Gasteiger partial charge in [0, 0.05) is 12.1 Å². The zero-order chi connectivity index (χ0) is 18.7. The van der Waals surface area contributed by atoms with Gasteiger partial charge in [0.25, 0.3) is 5.91 Å². The third-order valence-corrected chi connectivity index (χ3v) is 4.68. The molecule has 0 aliphatic carbocycles. The van der Waals surface area contributed by atoms with Crippen molar-refractivity contribution in [2.45, 2.75) is 27.2 Å². The lowest BCUT2D eigenvalue weighted by Crippen LogP contribution is -2.26. The quantitative estimate of drug-likeness (QED) is 0.693. The molecule has 1 amide bonds. The van der Waals surface area contributed by atoms with Gasteiger partial charge < -0.3 is 5.32 Å². The first-order valence-electron chi connectivity index (χ1n) is 8.72. The number of aryl methyl sites for hydroxylation is 2. The van der Waals surface area contributed by atoms with Gasteiger partial charge in [0.15, 0.2) is 0 Å². The van der Waals surface area contributed by atoms with E-state index < -0.39 is 0 Å². The van der Waals surface area contributed by atoms with Crippen molar-refractivity contribution in [1.82, 2.24) is 15.1 Å². The van der Waals surface area contributed by atoms with Crippen LogP contribution in [0.3, 0.4) is 0 Å². The van der Waals surface area contributed by atoms with Crippen molar-refractivity contribution in [2.75, 3.05) is 6.54 Å². The summed E-state index contributed by atoms with van der Waals surface area (Å²) in [5.74, 6) is -0.158. The van der Waals surface area contributed by atoms with E-state index >= 15 is 0 Å². The summed E-state index contributed by atoms with van der Waals surface area (Å²) in [5, 5.41) is 8.15. The van der Waals surface area contributed by atoms with E-state index in [0.29, 0.717) is 22.9 Å². The molecule has 0 spiro atoms. The maximum Gasteiger partial charge on any atom is 0.270 e. The highest BCUT2D eigenvalue weighted by molar-refractivity contribution is 6.32. The van der Waals surface area contributed by atoms with Crippen molar-refractivity contribution in [1.29, 1.82) is 0 Å². The molecular formula is C21H22ClN3O. The maximum absolute atomic E-state index is 12.7.